The van der Waals surface area contributed by atoms with Crippen LogP contribution in [-0.2, 0) is 9.53 Å². The van der Waals surface area contributed by atoms with Crippen molar-refractivity contribution in [3.8, 4) is 11.1 Å². The van der Waals surface area contributed by atoms with E-state index in [9.17, 15) is 4.79 Å². The molecule has 1 saturated heterocycles. The third kappa shape index (κ3) is 2.69. The van der Waals surface area contributed by atoms with Crippen molar-refractivity contribution < 1.29 is 9.53 Å². The predicted molar refractivity (Wildman–Crippen MR) is 110 cm³/mol. The molecule has 1 aliphatic heterocycles. The molecule has 0 radical (unpaired) electrons. The summed E-state index contributed by atoms with van der Waals surface area (Å²) >= 11 is 0. The maximum absolute atomic E-state index is 12.7. The Labute approximate surface area is 158 Å². The minimum absolute atomic E-state index is 0.0981. The zero-order chi connectivity index (χ0) is 18.2. The van der Waals surface area contributed by atoms with E-state index in [0.29, 0.717) is 6.61 Å². The number of fused-ring (bicyclic) bond motifs is 2. The Balaban J connectivity index is 1.84. The number of ether oxygens (including phenoxy) is 1. The SMILES string of the molecule is O=C1OCCCC1c1c(-c2cccc3ccccc23)ccc2ccccc12. The van der Waals surface area contributed by atoms with E-state index in [0.717, 1.165) is 34.7 Å². The molecule has 0 amide bonds. The lowest BCUT2D eigenvalue weighted by Gasteiger charge is -2.25. The normalized spacial score (nSPS) is 17.2. The van der Waals surface area contributed by atoms with Gasteiger partial charge >= 0.3 is 5.97 Å². The topological polar surface area (TPSA) is 26.3 Å². The number of esters is 1. The molecule has 2 heteroatoms. The minimum Gasteiger partial charge on any atom is -0.465 e. The van der Waals surface area contributed by atoms with E-state index >= 15 is 0 Å². The molecule has 0 saturated carbocycles. The zero-order valence-corrected chi connectivity index (χ0v) is 15.0. The van der Waals surface area contributed by atoms with Gasteiger partial charge in [-0.3, -0.25) is 4.79 Å². The number of cyclic esters (lactones) is 1. The molecule has 5 rings (SSSR count). The van der Waals surface area contributed by atoms with Gasteiger partial charge in [0.25, 0.3) is 0 Å². The van der Waals surface area contributed by atoms with Gasteiger partial charge in [-0.25, -0.2) is 0 Å². The molecule has 0 bridgehead atoms. The molecule has 2 nitrogen and oxygen atoms in total. The third-order valence-corrected chi connectivity index (χ3v) is 5.56. The summed E-state index contributed by atoms with van der Waals surface area (Å²) in [6.07, 6.45) is 1.75. The first-order valence-electron chi connectivity index (χ1n) is 9.49. The number of hydrogen-bond donors (Lipinski definition) is 0. The molecule has 1 aliphatic rings. The molecule has 0 N–H and O–H groups in total. The van der Waals surface area contributed by atoms with Crippen molar-refractivity contribution in [3.63, 3.8) is 0 Å². The van der Waals surface area contributed by atoms with Crippen molar-refractivity contribution in [2.24, 2.45) is 0 Å². The van der Waals surface area contributed by atoms with Gasteiger partial charge in [-0.05, 0) is 51.1 Å². The highest BCUT2D eigenvalue weighted by Gasteiger charge is 2.30. The molecular weight excluding hydrogens is 332 g/mol. The Hall–Kier alpha value is -3.13. The van der Waals surface area contributed by atoms with Gasteiger partial charge in [0.1, 0.15) is 0 Å². The first-order chi connectivity index (χ1) is 13.3. The fourth-order valence-corrected chi connectivity index (χ4v) is 4.31. The number of rotatable bonds is 2. The van der Waals surface area contributed by atoms with Crippen LogP contribution in [0.1, 0.15) is 24.3 Å². The maximum Gasteiger partial charge on any atom is 0.313 e. The molecule has 1 atom stereocenters. The van der Waals surface area contributed by atoms with Gasteiger partial charge < -0.3 is 4.74 Å². The van der Waals surface area contributed by atoms with Crippen molar-refractivity contribution in [2.45, 2.75) is 18.8 Å². The standard InChI is InChI=1S/C25H20O2/c26-25-23(13-6-16-27-25)24-20-11-4-2-8-18(20)14-15-22(24)21-12-5-9-17-7-1-3-10-19(17)21/h1-5,7-12,14-15,23H,6,13,16H2. The van der Waals surface area contributed by atoms with Gasteiger partial charge in [0.05, 0.1) is 12.5 Å². The quantitative estimate of drug-likeness (QED) is 0.409. The van der Waals surface area contributed by atoms with E-state index in [2.05, 4.69) is 66.7 Å². The second-order valence-corrected chi connectivity index (χ2v) is 7.14. The number of benzene rings is 4. The predicted octanol–water partition coefficient (Wildman–Crippen LogP) is 6.08. The lowest BCUT2D eigenvalue weighted by Crippen LogP contribution is -2.23. The van der Waals surface area contributed by atoms with Gasteiger partial charge in [-0.2, -0.15) is 0 Å². The lowest BCUT2D eigenvalue weighted by atomic mass is 9.82. The van der Waals surface area contributed by atoms with E-state index < -0.39 is 0 Å². The van der Waals surface area contributed by atoms with Crippen molar-refractivity contribution in [3.05, 3.63) is 84.4 Å². The molecule has 4 aromatic carbocycles. The van der Waals surface area contributed by atoms with Crippen LogP contribution in [0, 0.1) is 0 Å². The molecule has 1 unspecified atom stereocenters. The Morgan fingerprint density at radius 1 is 0.704 bits per heavy atom. The van der Waals surface area contributed by atoms with Crippen molar-refractivity contribution in [1.29, 1.82) is 0 Å². The summed E-state index contributed by atoms with van der Waals surface area (Å²) in [6, 6.07) is 27.5. The number of carbonyl (C=O) groups is 1. The highest BCUT2D eigenvalue weighted by atomic mass is 16.5. The Bertz CT molecular complexity index is 1150. The van der Waals surface area contributed by atoms with Crippen LogP contribution in [0.5, 0.6) is 0 Å². The molecule has 1 heterocycles. The van der Waals surface area contributed by atoms with E-state index in [1.807, 2.05) is 12.1 Å². The van der Waals surface area contributed by atoms with Crippen LogP contribution in [0.15, 0.2) is 78.9 Å². The fraction of sp³-hybridized carbons (Fsp3) is 0.160. The molecule has 27 heavy (non-hydrogen) atoms. The molecule has 0 aromatic heterocycles. The maximum atomic E-state index is 12.7. The average Bonchev–Trinajstić information content (AvgIpc) is 2.73. The third-order valence-electron chi connectivity index (χ3n) is 5.56. The largest absolute Gasteiger partial charge is 0.465 e. The van der Waals surface area contributed by atoms with Crippen LogP contribution in [0.2, 0.25) is 0 Å². The minimum atomic E-state index is -0.209. The van der Waals surface area contributed by atoms with Crippen molar-refractivity contribution >= 4 is 27.5 Å². The van der Waals surface area contributed by atoms with Crippen molar-refractivity contribution in [2.75, 3.05) is 6.61 Å². The Kier molecular flexibility index (Phi) is 3.90. The van der Waals surface area contributed by atoms with Crippen molar-refractivity contribution in [1.82, 2.24) is 0 Å². The Morgan fingerprint density at radius 3 is 2.22 bits per heavy atom. The number of hydrogen-bond acceptors (Lipinski definition) is 2. The van der Waals surface area contributed by atoms with Crippen LogP contribution >= 0.6 is 0 Å². The van der Waals surface area contributed by atoms with E-state index in [4.69, 9.17) is 4.74 Å². The van der Waals surface area contributed by atoms with E-state index in [-0.39, 0.29) is 11.9 Å². The van der Waals surface area contributed by atoms with Gasteiger partial charge in [-0.15, -0.1) is 0 Å². The van der Waals surface area contributed by atoms with Crippen LogP contribution in [0.4, 0.5) is 0 Å². The van der Waals surface area contributed by atoms with Gasteiger partial charge in [0.15, 0.2) is 0 Å². The van der Waals surface area contributed by atoms with Crippen LogP contribution in [0.3, 0.4) is 0 Å². The number of carbonyl (C=O) groups excluding carboxylic acids is 1. The highest BCUT2D eigenvalue weighted by molar-refractivity contribution is 6.03. The fourth-order valence-electron chi connectivity index (χ4n) is 4.31. The monoisotopic (exact) mass is 352 g/mol. The Morgan fingerprint density at radius 2 is 1.41 bits per heavy atom. The summed E-state index contributed by atoms with van der Waals surface area (Å²) in [6.45, 7) is 0.531. The molecule has 0 spiro atoms. The highest BCUT2D eigenvalue weighted by Crippen LogP contribution is 2.41. The molecule has 0 aliphatic carbocycles. The zero-order valence-electron chi connectivity index (χ0n) is 15.0. The summed E-state index contributed by atoms with van der Waals surface area (Å²) in [7, 11) is 0. The summed E-state index contributed by atoms with van der Waals surface area (Å²) in [5.41, 5.74) is 3.41. The summed E-state index contributed by atoms with van der Waals surface area (Å²) in [5.74, 6) is -0.307. The summed E-state index contributed by atoms with van der Waals surface area (Å²) in [4.78, 5) is 12.7. The summed E-state index contributed by atoms with van der Waals surface area (Å²) < 4.78 is 5.43. The van der Waals surface area contributed by atoms with Gasteiger partial charge in [-0.1, -0.05) is 78.9 Å². The van der Waals surface area contributed by atoms with E-state index in [1.165, 1.54) is 16.3 Å². The van der Waals surface area contributed by atoms with Crippen LogP contribution in [0.25, 0.3) is 32.7 Å². The molecular formula is C25H20O2. The van der Waals surface area contributed by atoms with Crippen LogP contribution < -0.4 is 0 Å². The smallest absolute Gasteiger partial charge is 0.313 e. The van der Waals surface area contributed by atoms with Gasteiger partial charge in [0.2, 0.25) is 0 Å². The van der Waals surface area contributed by atoms with Gasteiger partial charge in [0, 0.05) is 0 Å². The summed E-state index contributed by atoms with van der Waals surface area (Å²) in [5, 5.41) is 4.72. The van der Waals surface area contributed by atoms with Crippen LogP contribution in [-0.4, -0.2) is 12.6 Å². The first-order valence-corrected chi connectivity index (χ1v) is 9.49. The van der Waals surface area contributed by atoms with E-state index in [1.54, 1.807) is 0 Å². The molecule has 132 valence electrons. The first kappa shape index (κ1) is 16.1. The average molecular weight is 352 g/mol. The second-order valence-electron chi connectivity index (χ2n) is 7.14. The lowest BCUT2D eigenvalue weighted by molar-refractivity contribution is -0.148. The second kappa shape index (κ2) is 6.55. The molecule has 1 fully saturated rings. The molecule has 4 aromatic rings.